The number of hydrogen-bond acceptors (Lipinski definition) is 5. The van der Waals surface area contributed by atoms with Crippen molar-refractivity contribution in [1.29, 1.82) is 0 Å². The van der Waals surface area contributed by atoms with Crippen LogP contribution < -0.4 is 5.32 Å². The molecule has 0 amide bonds. The number of nitro groups is 1. The monoisotopic (exact) mass is 297 g/mol. The number of benzene rings is 1. The molecule has 0 saturated carbocycles. The predicted octanol–water partition coefficient (Wildman–Crippen LogP) is 4.19. The highest BCUT2D eigenvalue weighted by Gasteiger charge is 2.17. The summed E-state index contributed by atoms with van der Waals surface area (Å²) in [6, 6.07) is 4.33. The second-order valence-corrected chi connectivity index (χ2v) is 5.44. The van der Waals surface area contributed by atoms with Crippen molar-refractivity contribution in [3.63, 3.8) is 0 Å². The lowest BCUT2D eigenvalue weighted by Gasteiger charge is -2.13. The maximum Gasteiger partial charge on any atom is 0.292 e. The van der Waals surface area contributed by atoms with Gasteiger partial charge in [0.05, 0.1) is 11.0 Å². The average molecular weight is 298 g/mol. The number of hydrogen-bond donors (Lipinski definition) is 1. The summed E-state index contributed by atoms with van der Waals surface area (Å²) < 4.78 is 0. The Kier molecular flexibility index (Phi) is 4.01. The molecule has 0 fully saturated rings. The second-order valence-electron chi connectivity index (χ2n) is 4.11. The molecular weight excluding hydrogens is 286 g/mol. The fourth-order valence-electron chi connectivity index (χ4n) is 1.65. The van der Waals surface area contributed by atoms with Gasteiger partial charge in [-0.3, -0.25) is 10.1 Å². The van der Waals surface area contributed by atoms with Crippen molar-refractivity contribution in [2.45, 2.75) is 19.9 Å². The van der Waals surface area contributed by atoms with Crippen LogP contribution in [-0.2, 0) is 0 Å². The Morgan fingerprint density at radius 1 is 1.53 bits per heavy atom. The number of aryl methyl sites for hydroxylation is 1. The number of aromatic nitrogens is 1. The maximum absolute atomic E-state index is 11.0. The molecular formula is C12H12ClN3O2S. The van der Waals surface area contributed by atoms with Gasteiger partial charge in [0, 0.05) is 22.2 Å². The molecule has 7 heteroatoms. The maximum atomic E-state index is 11.0. The first-order valence-corrected chi connectivity index (χ1v) is 6.85. The molecule has 0 spiro atoms. The smallest absolute Gasteiger partial charge is 0.292 e. The third-order valence-corrected chi connectivity index (χ3v) is 3.91. The van der Waals surface area contributed by atoms with Crippen molar-refractivity contribution in [1.82, 2.24) is 4.98 Å². The topological polar surface area (TPSA) is 68.1 Å². The van der Waals surface area contributed by atoms with Gasteiger partial charge in [-0.15, -0.1) is 11.3 Å². The van der Waals surface area contributed by atoms with Crippen LogP contribution in [0.1, 0.15) is 23.7 Å². The average Bonchev–Trinajstić information content (AvgIpc) is 2.75. The van der Waals surface area contributed by atoms with Gasteiger partial charge < -0.3 is 5.32 Å². The lowest BCUT2D eigenvalue weighted by Crippen LogP contribution is -2.08. The number of thiazole rings is 1. The molecule has 1 atom stereocenters. The lowest BCUT2D eigenvalue weighted by molar-refractivity contribution is -0.384. The molecule has 1 unspecified atom stereocenters. The Morgan fingerprint density at radius 3 is 2.84 bits per heavy atom. The van der Waals surface area contributed by atoms with Gasteiger partial charge in [0.15, 0.2) is 0 Å². The van der Waals surface area contributed by atoms with E-state index in [1.807, 2.05) is 19.2 Å². The zero-order valence-corrected chi connectivity index (χ0v) is 12.0. The fourth-order valence-corrected chi connectivity index (χ4v) is 2.62. The zero-order valence-electron chi connectivity index (χ0n) is 10.4. The third kappa shape index (κ3) is 3.21. The van der Waals surface area contributed by atoms with E-state index in [2.05, 4.69) is 10.3 Å². The Balaban J connectivity index is 2.27. The first-order chi connectivity index (χ1) is 8.97. The van der Waals surface area contributed by atoms with Crippen molar-refractivity contribution in [3.05, 3.63) is 49.4 Å². The van der Waals surface area contributed by atoms with Crippen LogP contribution in [0.25, 0.3) is 0 Å². The van der Waals surface area contributed by atoms with Gasteiger partial charge in [-0.25, -0.2) is 4.98 Å². The van der Waals surface area contributed by atoms with Crippen molar-refractivity contribution in [3.8, 4) is 0 Å². The van der Waals surface area contributed by atoms with E-state index in [-0.39, 0.29) is 11.7 Å². The largest absolute Gasteiger partial charge is 0.370 e. The van der Waals surface area contributed by atoms with Crippen LogP contribution in [0, 0.1) is 17.0 Å². The molecule has 5 nitrogen and oxygen atoms in total. The normalized spacial score (nSPS) is 12.2. The number of halogens is 1. The summed E-state index contributed by atoms with van der Waals surface area (Å²) >= 11 is 7.40. The zero-order chi connectivity index (χ0) is 14.0. The Bertz CT molecular complexity index is 615. The van der Waals surface area contributed by atoms with Gasteiger partial charge in [-0.05, 0) is 26.0 Å². The van der Waals surface area contributed by atoms with E-state index in [0.29, 0.717) is 10.7 Å². The van der Waals surface area contributed by atoms with Gasteiger partial charge in [0.25, 0.3) is 5.69 Å². The molecule has 100 valence electrons. The van der Waals surface area contributed by atoms with Gasteiger partial charge in [0.1, 0.15) is 10.7 Å². The molecule has 0 aliphatic heterocycles. The van der Waals surface area contributed by atoms with E-state index in [0.717, 1.165) is 10.7 Å². The highest BCUT2D eigenvalue weighted by atomic mass is 35.5. The number of nitrogens with one attached hydrogen (secondary N) is 1. The van der Waals surface area contributed by atoms with E-state index in [1.165, 1.54) is 23.5 Å². The minimum atomic E-state index is -0.432. The molecule has 0 saturated heterocycles. The summed E-state index contributed by atoms with van der Waals surface area (Å²) in [5, 5.41) is 17.3. The van der Waals surface area contributed by atoms with Crippen LogP contribution in [0.3, 0.4) is 0 Å². The van der Waals surface area contributed by atoms with Gasteiger partial charge >= 0.3 is 0 Å². The van der Waals surface area contributed by atoms with Crippen LogP contribution in [0.5, 0.6) is 0 Å². The number of anilines is 1. The number of nitro benzene ring substituents is 1. The van der Waals surface area contributed by atoms with Gasteiger partial charge in [0.2, 0.25) is 0 Å². The molecule has 2 rings (SSSR count). The van der Waals surface area contributed by atoms with Crippen molar-refractivity contribution >= 4 is 34.3 Å². The summed E-state index contributed by atoms with van der Waals surface area (Å²) in [6.07, 6.45) is 0. The number of rotatable bonds is 4. The second kappa shape index (κ2) is 5.54. The molecule has 0 aliphatic carbocycles. The summed E-state index contributed by atoms with van der Waals surface area (Å²) in [5.41, 5.74) is 1.34. The van der Waals surface area contributed by atoms with Crippen LogP contribution >= 0.6 is 22.9 Å². The van der Waals surface area contributed by atoms with Crippen molar-refractivity contribution in [2.24, 2.45) is 0 Å². The molecule has 19 heavy (non-hydrogen) atoms. The van der Waals surface area contributed by atoms with E-state index in [1.54, 1.807) is 6.07 Å². The van der Waals surface area contributed by atoms with E-state index < -0.39 is 4.92 Å². The first kappa shape index (κ1) is 13.8. The molecule has 0 aliphatic rings. The predicted molar refractivity (Wildman–Crippen MR) is 77.0 cm³/mol. The molecule has 0 bridgehead atoms. The van der Waals surface area contributed by atoms with E-state index >= 15 is 0 Å². The van der Waals surface area contributed by atoms with Crippen LogP contribution in [0.15, 0.2) is 23.6 Å². The quantitative estimate of drug-likeness (QED) is 0.679. The Morgan fingerprint density at radius 2 is 2.26 bits per heavy atom. The molecule has 0 radical (unpaired) electrons. The molecule has 2 aromatic rings. The standard InChI is InChI=1S/C12H12ClN3O2S/c1-7-6-19-12(14-7)8(2)15-10-5-9(13)3-4-11(10)16(17)18/h3-6,8,15H,1-2H3. The summed E-state index contributed by atoms with van der Waals surface area (Å²) in [4.78, 5) is 14.9. The minimum Gasteiger partial charge on any atom is -0.370 e. The van der Waals surface area contributed by atoms with E-state index in [4.69, 9.17) is 11.6 Å². The van der Waals surface area contributed by atoms with Crippen molar-refractivity contribution in [2.75, 3.05) is 5.32 Å². The molecule has 1 aromatic carbocycles. The summed E-state index contributed by atoms with van der Waals surface area (Å²) in [5.74, 6) is 0. The SMILES string of the molecule is Cc1csc(C(C)Nc2cc(Cl)ccc2[N+](=O)[O-])n1. The first-order valence-electron chi connectivity index (χ1n) is 5.60. The van der Waals surface area contributed by atoms with Crippen LogP contribution in [-0.4, -0.2) is 9.91 Å². The van der Waals surface area contributed by atoms with E-state index in [9.17, 15) is 10.1 Å². The molecule has 1 aromatic heterocycles. The van der Waals surface area contributed by atoms with Gasteiger partial charge in [-0.1, -0.05) is 11.6 Å². The highest BCUT2D eigenvalue weighted by Crippen LogP contribution is 2.31. The van der Waals surface area contributed by atoms with Gasteiger partial charge in [-0.2, -0.15) is 0 Å². The summed E-state index contributed by atoms with van der Waals surface area (Å²) in [7, 11) is 0. The molecule has 1 heterocycles. The minimum absolute atomic E-state index is 0.00419. The Labute approximate surface area is 119 Å². The van der Waals surface area contributed by atoms with Crippen LogP contribution in [0.4, 0.5) is 11.4 Å². The summed E-state index contributed by atoms with van der Waals surface area (Å²) in [6.45, 7) is 3.82. The third-order valence-electron chi connectivity index (χ3n) is 2.53. The highest BCUT2D eigenvalue weighted by molar-refractivity contribution is 7.09. The number of nitrogens with zero attached hydrogens (tertiary/aromatic N) is 2. The lowest BCUT2D eigenvalue weighted by atomic mass is 10.2. The Hall–Kier alpha value is -1.66. The fraction of sp³-hybridized carbons (Fsp3) is 0.250. The van der Waals surface area contributed by atoms with Crippen molar-refractivity contribution < 1.29 is 4.92 Å². The van der Waals surface area contributed by atoms with Crippen LogP contribution in [0.2, 0.25) is 5.02 Å². The molecule has 1 N–H and O–H groups in total.